The number of sulfone groups is 1. The van der Waals surface area contributed by atoms with Crippen LogP contribution < -0.4 is 5.32 Å². The molecular weight excluding hydrogens is 374 g/mol. The van der Waals surface area contributed by atoms with Gasteiger partial charge in [-0.15, -0.1) is 11.3 Å². The molecule has 0 spiro atoms. The molecule has 0 fully saturated rings. The number of carbonyl (C=O) groups is 1. The summed E-state index contributed by atoms with van der Waals surface area (Å²) in [6.07, 6.45) is 0. The van der Waals surface area contributed by atoms with Crippen LogP contribution >= 0.6 is 11.3 Å². The van der Waals surface area contributed by atoms with Crippen molar-refractivity contribution in [2.24, 2.45) is 0 Å². The van der Waals surface area contributed by atoms with E-state index in [2.05, 4.69) is 15.5 Å². The van der Waals surface area contributed by atoms with E-state index < -0.39 is 27.3 Å². The second-order valence-electron chi connectivity index (χ2n) is 5.77. The van der Waals surface area contributed by atoms with E-state index in [0.717, 1.165) is 16.0 Å². The molecule has 136 valence electrons. The number of nitrogens with zero attached hydrogens (tertiary/aromatic N) is 2. The van der Waals surface area contributed by atoms with Crippen molar-refractivity contribution in [2.75, 3.05) is 5.75 Å². The fraction of sp³-hybridized carbons (Fsp3) is 0.235. The van der Waals surface area contributed by atoms with Crippen LogP contribution in [0.2, 0.25) is 0 Å². The zero-order valence-corrected chi connectivity index (χ0v) is 15.6. The first kappa shape index (κ1) is 18.3. The van der Waals surface area contributed by atoms with E-state index in [4.69, 9.17) is 4.52 Å². The van der Waals surface area contributed by atoms with Crippen LogP contribution in [-0.2, 0) is 26.9 Å². The monoisotopic (exact) mass is 391 g/mol. The highest BCUT2D eigenvalue weighted by Gasteiger charge is 2.21. The highest BCUT2D eigenvalue weighted by atomic mass is 32.2. The maximum atomic E-state index is 12.2. The van der Waals surface area contributed by atoms with E-state index >= 15 is 0 Å². The molecule has 0 radical (unpaired) electrons. The van der Waals surface area contributed by atoms with Gasteiger partial charge in [-0.3, -0.25) is 4.79 Å². The van der Waals surface area contributed by atoms with Gasteiger partial charge >= 0.3 is 0 Å². The van der Waals surface area contributed by atoms with Crippen LogP contribution in [0.25, 0.3) is 11.4 Å². The van der Waals surface area contributed by atoms with Gasteiger partial charge in [-0.1, -0.05) is 35.0 Å². The van der Waals surface area contributed by atoms with E-state index in [0.29, 0.717) is 12.4 Å². The Kier molecular flexibility index (Phi) is 5.48. The molecule has 3 rings (SSSR count). The van der Waals surface area contributed by atoms with Crippen LogP contribution in [0.1, 0.15) is 16.3 Å². The number of hydrogen-bond donors (Lipinski definition) is 1. The number of benzene rings is 1. The lowest BCUT2D eigenvalue weighted by Gasteiger charge is -2.03. The van der Waals surface area contributed by atoms with Crippen LogP contribution in [0, 0.1) is 6.92 Å². The van der Waals surface area contributed by atoms with Crippen LogP contribution in [0.4, 0.5) is 0 Å². The number of hydrogen-bond acceptors (Lipinski definition) is 7. The quantitative estimate of drug-likeness (QED) is 0.663. The predicted octanol–water partition coefficient (Wildman–Crippen LogP) is 2.34. The first-order valence-corrected chi connectivity index (χ1v) is 10.5. The number of rotatable bonds is 7. The fourth-order valence-electron chi connectivity index (χ4n) is 2.30. The molecule has 0 atom stereocenters. The van der Waals surface area contributed by atoms with E-state index in [1.165, 1.54) is 11.3 Å². The summed E-state index contributed by atoms with van der Waals surface area (Å²) < 4.78 is 29.4. The Hall–Kier alpha value is -2.52. The normalized spacial score (nSPS) is 11.4. The van der Waals surface area contributed by atoms with E-state index in [1.54, 1.807) is 0 Å². The van der Waals surface area contributed by atoms with Gasteiger partial charge in [0.25, 0.3) is 0 Å². The lowest BCUT2D eigenvalue weighted by Crippen LogP contribution is -2.30. The average molecular weight is 391 g/mol. The van der Waals surface area contributed by atoms with Gasteiger partial charge in [-0.05, 0) is 24.4 Å². The molecule has 2 aromatic heterocycles. The van der Waals surface area contributed by atoms with Gasteiger partial charge in [0.05, 0.1) is 6.54 Å². The number of carbonyl (C=O) groups excluding carboxylic acids is 1. The van der Waals surface area contributed by atoms with Crippen molar-refractivity contribution in [3.8, 4) is 11.4 Å². The summed E-state index contributed by atoms with van der Waals surface area (Å²) >= 11 is 1.49. The molecule has 0 aliphatic heterocycles. The summed E-state index contributed by atoms with van der Waals surface area (Å²) in [5, 5.41) is 8.29. The lowest BCUT2D eigenvalue weighted by molar-refractivity contribution is -0.118. The van der Waals surface area contributed by atoms with Crippen LogP contribution in [0.5, 0.6) is 0 Å². The third kappa shape index (κ3) is 4.99. The van der Waals surface area contributed by atoms with Crippen molar-refractivity contribution in [3.05, 3.63) is 58.1 Å². The minimum absolute atomic E-state index is 0.0347. The number of aromatic nitrogens is 2. The summed E-state index contributed by atoms with van der Waals surface area (Å²) in [5.74, 6) is -1.37. The fourth-order valence-corrected chi connectivity index (χ4v) is 4.05. The molecule has 0 aliphatic rings. The molecule has 0 saturated carbocycles. The minimum Gasteiger partial charge on any atom is -0.350 e. The third-order valence-corrected chi connectivity index (χ3v) is 5.74. The number of thiophene rings is 1. The van der Waals surface area contributed by atoms with Gasteiger partial charge < -0.3 is 9.84 Å². The number of nitrogens with one attached hydrogen (secondary N) is 1. The van der Waals surface area contributed by atoms with E-state index in [9.17, 15) is 13.2 Å². The molecule has 0 saturated heterocycles. The van der Waals surface area contributed by atoms with Crippen molar-refractivity contribution in [3.63, 3.8) is 0 Å². The standard InChI is InChI=1S/C17H17N3O4S2/c1-12-4-2-5-13(8-12)17-19-16(24-20-17)11-26(22,23)10-15(21)18-9-14-6-3-7-25-14/h2-8H,9-11H2,1H3,(H,18,21). The molecule has 0 unspecified atom stereocenters. The molecule has 2 heterocycles. The molecule has 1 N–H and O–H groups in total. The van der Waals surface area contributed by atoms with Crippen LogP contribution in [-0.4, -0.2) is 30.2 Å². The van der Waals surface area contributed by atoms with E-state index in [1.807, 2.05) is 48.7 Å². The van der Waals surface area contributed by atoms with Crippen molar-refractivity contribution in [1.29, 1.82) is 0 Å². The number of aryl methyl sites for hydroxylation is 1. The second kappa shape index (κ2) is 7.79. The maximum absolute atomic E-state index is 12.2. The molecular formula is C17H17N3O4S2. The second-order valence-corrected chi connectivity index (χ2v) is 8.87. The summed E-state index contributed by atoms with van der Waals surface area (Å²) in [5.41, 5.74) is 1.77. The van der Waals surface area contributed by atoms with Gasteiger partial charge in [0, 0.05) is 10.4 Å². The van der Waals surface area contributed by atoms with Crippen LogP contribution in [0.15, 0.2) is 46.3 Å². The molecule has 0 aliphatic carbocycles. The Morgan fingerprint density at radius 1 is 1.27 bits per heavy atom. The molecule has 3 aromatic rings. The zero-order chi connectivity index (χ0) is 18.6. The van der Waals surface area contributed by atoms with Gasteiger partial charge in [-0.2, -0.15) is 4.98 Å². The molecule has 26 heavy (non-hydrogen) atoms. The van der Waals surface area contributed by atoms with E-state index in [-0.39, 0.29) is 5.89 Å². The van der Waals surface area contributed by atoms with Gasteiger partial charge in [0.2, 0.25) is 17.6 Å². The molecule has 9 heteroatoms. The number of amides is 1. The van der Waals surface area contributed by atoms with Gasteiger partial charge in [-0.25, -0.2) is 8.42 Å². The lowest BCUT2D eigenvalue weighted by atomic mass is 10.1. The summed E-state index contributed by atoms with van der Waals surface area (Å²) in [6.45, 7) is 2.24. The summed E-state index contributed by atoms with van der Waals surface area (Å²) in [7, 11) is -3.71. The molecule has 1 amide bonds. The van der Waals surface area contributed by atoms with Crippen molar-refractivity contribution in [2.45, 2.75) is 19.2 Å². The Labute approximate surface area is 155 Å². The Morgan fingerprint density at radius 2 is 2.12 bits per heavy atom. The van der Waals surface area contributed by atoms with Crippen molar-refractivity contribution in [1.82, 2.24) is 15.5 Å². The Bertz CT molecular complexity index is 995. The molecule has 0 bridgehead atoms. The molecule has 7 nitrogen and oxygen atoms in total. The van der Waals surface area contributed by atoms with Crippen molar-refractivity contribution < 1.29 is 17.7 Å². The first-order valence-electron chi connectivity index (χ1n) is 7.80. The Morgan fingerprint density at radius 3 is 2.85 bits per heavy atom. The Balaban J connectivity index is 1.59. The van der Waals surface area contributed by atoms with Gasteiger partial charge in [0.15, 0.2) is 9.84 Å². The summed E-state index contributed by atoms with van der Waals surface area (Å²) in [4.78, 5) is 16.9. The largest absolute Gasteiger partial charge is 0.350 e. The first-order chi connectivity index (χ1) is 12.4. The topological polar surface area (TPSA) is 102 Å². The third-order valence-electron chi connectivity index (χ3n) is 3.48. The summed E-state index contributed by atoms with van der Waals surface area (Å²) in [6, 6.07) is 11.2. The van der Waals surface area contributed by atoms with Crippen LogP contribution in [0.3, 0.4) is 0 Å². The maximum Gasteiger partial charge on any atom is 0.242 e. The smallest absolute Gasteiger partial charge is 0.242 e. The highest BCUT2D eigenvalue weighted by molar-refractivity contribution is 7.91. The predicted molar refractivity (Wildman–Crippen MR) is 98.1 cm³/mol. The zero-order valence-electron chi connectivity index (χ0n) is 14.0. The van der Waals surface area contributed by atoms with Gasteiger partial charge in [0.1, 0.15) is 11.5 Å². The highest BCUT2D eigenvalue weighted by Crippen LogP contribution is 2.18. The van der Waals surface area contributed by atoms with Crippen molar-refractivity contribution >= 4 is 27.1 Å². The average Bonchev–Trinajstić information content (AvgIpc) is 3.23. The minimum atomic E-state index is -3.71. The molecule has 1 aromatic carbocycles. The SMILES string of the molecule is Cc1cccc(-c2noc(CS(=O)(=O)CC(=O)NCc3cccs3)n2)c1.